The smallest absolute Gasteiger partial charge is 0.339 e. The Morgan fingerprint density at radius 3 is 1.82 bits per heavy atom. The summed E-state index contributed by atoms with van der Waals surface area (Å²) in [5.41, 5.74) is 1.10. The summed E-state index contributed by atoms with van der Waals surface area (Å²) in [5, 5.41) is 1.94. The maximum absolute atomic E-state index is 13.5. The molecule has 0 N–H and O–H groups in total. The largest absolute Gasteiger partial charge is 0.469 e. The molecule has 1 atom stereocenters. The molecule has 0 bridgehead atoms. The van der Waals surface area contributed by atoms with Crippen LogP contribution in [0.3, 0.4) is 0 Å². The zero-order valence-corrected chi connectivity index (χ0v) is 19.1. The maximum Gasteiger partial charge on any atom is 0.339 e. The first kappa shape index (κ1) is 22.9. The van der Waals surface area contributed by atoms with E-state index in [1.807, 2.05) is 103 Å². The van der Waals surface area contributed by atoms with Crippen molar-refractivity contribution in [1.29, 1.82) is 0 Å². The first-order valence-electron chi connectivity index (χ1n) is 10.9. The third kappa shape index (κ3) is 4.59. The van der Waals surface area contributed by atoms with E-state index in [-0.39, 0.29) is 6.42 Å². The van der Waals surface area contributed by atoms with Crippen LogP contribution >= 0.6 is 0 Å². The summed E-state index contributed by atoms with van der Waals surface area (Å²) >= 11 is 0. The minimum Gasteiger partial charge on any atom is -0.469 e. The average Bonchev–Trinajstić information content (AvgIpc) is 2.91. The number of ether oxygens (including phenoxy) is 2. The molecule has 0 saturated carbocycles. The molecular weight excluding hydrogens is 426 g/mol. The van der Waals surface area contributed by atoms with Gasteiger partial charge < -0.3 is 9.47 Å². The molecule has 0 spiro atoms. The number of esters is 2. The lowest BCUT2D eigenvalue weighted by atomic mass is 9.85. The SMILES string of the molecule is COC(=O)CC(N=C(c1ccccc1)c1ccccc1)(C(=O)OC)c1ccc2ccccc2c1. The van der Waals surface area contributed by atoms with E-state index in [2.05, 4.69) is 0 Å². The van der Waals surface area contributed by atoms with Crippen LogP contribution in [0.15, 0.2) is 108 Å². The van der Waals surface area contributed by atoms with Crippen LogP contribution in [-0.2, 0) is 24.6 Å². The van der Waals surface area contributed by atoms with Crippen LogP contribution in [0.4, 0.5) is 0 Å². The van der Waals surface area contributed by atoms with Crippen molar-refractivity contribution < 1.29 is 19.1 Å². The Hall–Kier alpha value is -4.25. The molecule has 4 aromatic rings. The predicted octanol–water partition coefficient (Wildman–Crippen LogP) is 5.31. The predicted molar refractivity (Wildman–Crippen MR) is 133 cm³/mol. The molecule has 0 amide bonds. The van der Waals surface area contributed by atoms with Crippen molar-refractivity contribution in [2.24, 2.45) is 4.99 Å². The minimum atomic E-state index is -1.65. The van der Waals surface area contributed by atoms with Crippen LogP contribution < -0.4 is 0 Å². The highest BCUT2D eigenvalue weighted by atomic mass is 16.5. The third-order valence-corrected chi connectivity index (χ3v) is 5.78. The van der Waals surface area contributed by atoms with Gasteiger partial charge in [0.2, 0.25) is 0 Å². The second-order valence-corrected chi connectivity index (χ2v) is 7.86. The molecular formula is C29H25NO4. The maximum atomic E-state index is 13.5. The van der Waals surface area contributed by atoms with Crippen molar-refractivity contribution in [3.05, 3.63) is 120 Å². The number of hydrogen-bond donors (Lipinski definition) is 0. The molecule has 0 aliphatic rings. The Balaban J connectivity index is 2.04. The van der Waals surface area contributed by atoms with Crippen LogP contribution in [0.1, 0.15) is 23.1 Å². The molecule has 0 aliphatic heterocycles. The van der Waals surface area contributed by atoms with Gasteiger partial charge in [-0.05, 0) is 22.4 Å². The van der Waals surface area contributed by atoms with Crippen LogP contribution in [-0.4, -0.2) is 31.9 Å². The van der Waals surface area contributed by atoms with E-state index in [1.54, 1.807) is 0 Å². The van der Waals surface area contributed by atoms with E-state index >= 15 is 0 Å². The number of carbonyl (C=O) groups excluding carboxylic acids is 2. The lowest BCUT2D eigenvalue weighted by Crippen LogP contribution is -2.39. The summed E-state index contributed by atoms with van der Waals surface area (Å²) in [6.45, 7) is 0. The van der Waals surface area contributed by atoms with Gasteiger partial charge in [-0.15, -0.1) is 0 Å². The first-order chi connectivity index (χ1) is 16.6. The van der Waals surface area contributed by atoms with E-state index < -0.39 is 17.5 Å². The fourth-order valence-electron chi connectivity index (χ4n) is 4.02. The second kappa shape index (κ2) is 10.1. The highest BCUT2D eigenvalue weighted by molar-refractivity contribution is 6.14. The molecule has 170 valence electrons. The third-order valence-electron chi connectivity index (χ3n) is 5.78. The Bertz CT molecular complexity index is 1290. The van der Waals surface area contributed by atoms with Crippen molar-refractivity contribution in [1.82, 2.24) is 0 Å². The van der Waals surface area contributed by atoms with E-state index in [4.69, 9.17) is 14.5 Å². The molecule has 0 fully saturated rings. The number of aliphatic imine (C=N–C) groups is 1. The molecule has 0 heterocycles. The molecule has 4 rings (SSSR count). The number of carbonyl (C=O) groups is 2. The molecule has 0 aromatic heterocycles. The van der Waals surface area contributed by atoms with Gasteiger partial charge >= 0.3 is 11.9 Å². The van der Waals surface area contributed by atoms with E-state index in [1.165, 1.54) is 14.2 Å². The Labute approximate surface area is 198 Å². The molecule has 4 aromatic carbocycles. The van der Waals surface area contributed by atoms with Gasteiger partial charge in [0, 0.05) is 11.1 Å². The van der Waals surface area contributed by atoms with Gasteiger partial charge in [0.25, 0.3) is 0 Å². The van der Waals surface area contributed by atoms with Gasteiger partial charge in [0.1, 0.15) is 0 Å². The van der Waals surface area contributed by atoms with E-state index in [0.29, 0.717) is 11.3 Å². The lowest BCUT2D eigenvalue weighted by molar-refractivity contribution is -0.154. The number of hydrogen-bond acceptors (Lipinski definition) is 5. The van der Waals surface area contributed by atoms with Gasteiger partial charge in [-0.2, -0.15) is 0 Å². The van der Waals surface area contributed by atoms with E-state index in [9.17, 15) is 9.59 Å². The molecule has 5 heteroatoms. The Kier molecular flexibility index (Phi) is 6.83. The summed E-state index contributed by atoms with van der Waals surface area (Å²) in [6, 6.07) is 32.6. The molecule has 34 heavy (non-hydrogen) atoms. The standard InChI is InChI=1S/C29H25NO4/c1-33-26(31)20-29(28(32)34-2,25-18-17-21-11-9-10-16-24(21)19-25)30-27(22-12-5-3-6-13-22)23-14-7-4-8-15-23/h3-19H,20H2,1-2H3. The number of benzene rings is 4. The average molecular weight is 452 g/mol. The zero-order valence-electron chi connectivity index (χ0n) is 19.1. The summed E-state index contributed by atoms with van der Waals surface area (Å²) in [7, 11) is 2.60. The monoisotopic (exact) mass is 451 g/mol. The summed E-state index contributed by atoms with van der Waals surface area (Å²) in [6.07, 6.45) is -0.308. The van der Waals surface area contributed by atoms with Crippen LogP contribution in [0.2, 0.25) is 0 Å². The summed E-state index contributed by atoms with van der Waals surface area (Å²) < 4.78 is 10.2. The second-order valence-electron chi connectivity index (χ2n) is 7.86. The van der Waals surface area contributed by atoms with Crippen molar-refractivity contribution in [3.63, 3.8) is 0 Å². The Morgan fingerprint density at radius 1 is 0.706 bits per heavy atom. The number of rotatable bonds is 7. The first-order valence-corrected chi connectivity index (χ1v) is 10.9. The van der Waals surface area contributed by atoms with Crippen LogP contribution in [0.25, 0.3) is 10.8 Å². The lowest BCUT2D eigenvalue weighted by Gasteiger charge is -2.28. The van der Waals surface area contributed by atoms with Crippen molar-refractivity contribution in [3.8, 4) is 0 Å². The van der Waals surface area contributed by atoms with Gasteiger partial charge in [-0.1, -0.05) is 97.1 Å². The molecule has 0 aliphatic carbocycles. The summed E-state index contributed by atoms with van der Waals surface area (Å²) in [4.78, 5) is 31.1. The van der Waals surface area contributed by atoms with Crippen LogP contribution in [0.5, 0.6) is 0 Å². The minimum absolute atomic E-state index is 0.308. The normalized spacial score (nSPS) is 12.4. The summed E-state index contributed by atoms with van der Waals surface area (Å²) in [5.74, 6) is -1.21. The van der Waals surface area contributed by atoms with Gasteiger partial charge in [-0.3, -0.25) is 9.79 Å². The Morgan fingerprint density at radius 2 is 1.26 bits per heavy atom. The molecule has 0 radical (unpaired) electrons. The molecule has 0 saturated heterocycles. The zero-order chi connectivity index (χ0) is 24.0. The number of methoxy groups -OCH3 is 2. The van der Waals surface area contributed by atoms with E-state index in [0.717, 1.165) is 21.9 Å². The van der Waals surface area contributed by atoms with Gasteiger partial charge in [0.15, 0.2) is 5.54 Å². The highest BCUT2D eigenvalue weighted by Gasteiger charge is 2.45. The van der Waals surface area contributed by atoms with Crippen molar-refractivity contribution >= 4 is 28.4 Å². The topological polar surface area (TPSA) is 65.0 Å². The van der Waals surface area contributed by atoms with Gasteiger partial charge in [-0.25, -0.2) is 4.79 Å². The fourth-order valence-corrected chi connectivity index (χ4v) is 4.02. The van der Waals surface area contributed by atoms with Crippen molar-refractivity contribution in [2.45, 2.75) is 12.0 Å². The van der Waals surface area contributed by atoms with Crippen molar-refractivity contribution in [2.75, 3.05) is 14.2 Å². The number of nitrogens with zero attached hydrogens (tertiary/aromatic N) is 1. The number of fused-ring (bicyclic) bond motifs is 1. The fraction of sp³-hybridized carbons (Fsp3) is 0.138. The molecule has 5 nitrogen and oxygen atoms in total. The van der Waals surface area contributed by atoms with Crippen LogP contribution in [0, 0.1) is 0 Å². The van der Waals surface area contributed by atoms with Gasteiger partial charge in [0.05, 0.1) is 26.4 Å². The quantitative estimate of drug-likeness (QED) is 0.282. The molecule has 1 unspecified atom stereocenters. The highest BCUT2D eigenvalue weighted by Crippen LogP contribution is 2.35.